The topological polar surface area (TPSA) is 71.5 Å². The van der Waals surface area contributed by atoms with Gasteiger partial charge in [-0.25, -0.2) is 4.98 Å². The molecule has 3 aromatic carbocycles. The molecule has 0 N–H and O–H groups in total. The van der Waals surface area contributed by atoms with Crippen LogP contribution in [0.3, 0.4) is 0 Å². The molecule has 0 aliphatic rings. The first-order valence-electron chi connectivity index (χ1n) is 13.1. The van der Waals surface area contributed by atoms with Crippen molar-refractivity contribution in [3.05, 3.63) is 102 Å². The monoisotopic (exact) mass is 544 g/mol. The van der Waals surface area contributed by atoms with Crippen LogP contribution in [0, 0.1) is 0 Å². The van der Waals surface area contributed by atoms with Crippen LogP contribution in [0.1, 0.15) is 11.1 Å². The van der Waals surface area contributed by atoms with Crippen molar-refractivity contribution in [2.24, 2.45) is 0 Å². The van der Waals surface area contributed by atoms with Gasteiger partial charge in [-0.05, 0) is 59.7 Å². The van der Waals surface area contributed by atoms with E-state index in [0.29, 0.717) is 45.3 Å². The molecular formula is C32H36N2O6. The van der Waals surface area contributed by atoms with Crippen molar-refractivity contribution in [1.29, 1.82) is 0 Å². The third-order valence-electron chi connectivity index (χ3n) is 6.09. The minimum atomic E-state index is 0.414. The summed E-state index contributed by atoms with van der Waals surface area (Å²) in [5.74, 6) is 4.67. The maximum Gasteiger partial charge on any atom is 0.137 e. The number of ether oxygens (including phenoxy) is 6. The van der Waals surface area contributed by atoms with Crippen LogP contribution < -0.4 is 28.6 Å². The highest BCUT2D eigenvalue weighted by Crippen LogP contribution is 2.24. The molecular weight excluding hydrogens is 508 g/mol. The van der Waals surface area contributed by atoms with Crippen LogP contribution in [0.2, 0.25) is 0 Å². The summed E-state index contributed by atoms with van der Waals surface area (Å²) in [5, 5.41) is 0. The maximum absolute atomic E-state index is 5.84. The SMILES string of the molecule is COc1cccc(CN(Cc2cccc(OC)c2)c2ccc(OCCOCCOc3cccc(OC)c3)cn2)c1. The molecule has 0 amide bonds. The Morgan fingerprint density at radius 2 is 1.07 bits per heavy atom. The third-order valence-corrected chi connectivity index (χ3v) is 6.09. The largest absolute Gasteiger partial charge is 0.497 e. The molecule has 0 aliphatic carbocycles. The van der Waals surface area contributed by atoms with E-state index in [9.17, 15) is 0 Å². The number of pyridine rings is 1. The molecule has 0 fully saturated rings. The summed E-state index contributed by atoms with van der Waals surface area (Å²) in [6.07, 6.45) is 1.74. The second kappa shape index (κ2) is 15.2. The Morgan fingerprint density at radius 1 is 0.550 bits per heavy atom. The molecule has 0 saturated heterocycles. The van der Waals surface area contributed by atoms with E-state index in [1.165, 1.54) is 0 Å². The van der Waals surface area contributed by atoms with Gasteiger partial charge in [0.2, 0.25) is 0 Å². The highest BCUT2D eigenvalue weighted by Gasteiger charge is 2.12. The molecule has 0 bridgehead atoms. The van der Waals surface area contributed by atoms with Crippen molar-refractivity contribution in [2.45, 2.75) is 13.1 Å². The van der Waals surface area contributed by atoms with E-state index in [1.54, 1.807) is 27.5 Å². The number of rotatable bonds is 16. The van der Waals surface area contributed by atoms with Gasteiger partial charge in [0.15, 0.2) is 0 Å². The number of aromatic nitrogens is 1. The predicted octanol–water partition coefficient (Wildman–Crippen LogP) is 5.79. The van der Waals surface area contributed by atoms with Gasteiger partial charge in [-0.1, -0.05) is 30.3 Å². The Hall–Kier alpha value is -4.43. The van der Waals surface area contributed by atoms with E-state index in [4.69, 9.17) is 33.4 Å². The lowest BCUT2D eigenvalue weighted by Gasteiger charge is -2.24. The van der Waals surface area contributed by atoms with Crippen LogP contribution in [0.5, 0.6) is 28.7 Å². The number of benzene rings is 3. The first-order valence-corrected chi connectivity index (χ1v) is 13.1. The molecule has 1 heterocycles. The summed E-state index contributed by atoms with van der Waals surface area (Å²) in [6, 6.07) is 27.5. The van der Waals surface area contributed by atoms with E-state index in [0.717, 1.165) is 39.9 Å². The van der Waals surface area contributed by atoms with Gasteiger partial charge in [0.05, 0.1) is 40.7 Å². The van der Waals surface area contributed by atoms with E-state index >= 15 is 0 Å². The molecule has 0 unspecified atom stereocenters. The van der Waals surface area contributed by atoms with E-state index in [2.05, 4.69) is 17.0 Å². The minimum absolute atomic E-state index is 0.414. The van der Waals surface area contributed by atoms with Crippen LogP contribution in [-0.2, 0) is 17.8 Å². The Morgan fingerprint density at radius 3 is 1.62 bits per heavy atom. The standard InChI is InChI=1S/C32H36N2O6/c1-35-27-9-4-7-25(19-27)23-34(24-26-8-5-10-28(20-26)36-2)32-14-13-31(22-33-32)40-18-16-38-15-17-39-30-12-6-11-29(21-30)37-3/h4-14,19-22H,15-18,23-24H2,1-3H3. The molecule has 4 rings (SSSR count). The number of hydrogen-bond donors (Lipinski definition) is 0. The van der Waals surface area contributed by atoms with Gasteiger partial charge in [-0.2, -0.15) is 0 Å². The fourth-order valence-electron chi connectivity index (χ4n) is 4.08. The van der Waals surface area contributed by atoms with Crippen molar-refractivity contribution in [3.63, 3.8) is 0 Å². The van der Waals surface area contributed by atoms with Crippen molar-refractivity contribution in [2.75, 3.05) is 52.7 Å². The molecule has 0 atom stereocenters. The van der Waals surface area contributed by atoms with Crippen molar-refractivity contribution in [1.82, 2.24) is 4.98 Å². The quantitative estimate of drug-likeness (QED) is 0.164. The summed E-state index contributed by atoms with van der Waals surface area (Å²) in [7, 11) is 4.98. The van der Waals surface area contributed by atoms with Crippen LogP contribution in [0.25, 0.3) is 0 Å². The summed E-state index contributed by atoms with van der Waals surface area (Å²) in [6.45, 7) is 3.08. The Labute approximate surface area is 236 Å². The molecule has 0 spiro atoms. The maximum atomic E-state index is 5.84. The lowest BCUT2D eigenvalue weighted by Crippen LogP contribution is -2.23. The summed E-state index contributed by atoms with van der Waals surface area (Å²) < 4.78 is 33.2. The molecule has 4 aromatic rings. The molecule has 0 aliphatic heterocycles. The fraction of sp³-hybridized carbons (Fsp3) is 0.281. The highest BCUT2D eigenvalue weighted by molar-refractivity contribution is 5.44. The van der Waals surface area contributed by atoms with Crippen LogP contribution in [-0.4, -0.2) is 52.7 Å². The first kappa shape index (κ1) is 28.6. The Kier molecular flexibility index (Phi) is 10.9. The van der Waals surface area contributed by atoms with Gasteiger partial charge in [0.25, 0.3) is 0 Å². The summed E-state index contributed by atoms with van der Waals surface area (Å²) in [4.78, 5) is 6.91. The van der Waals surface area contributed by atoms with E-state index in [-0.39, 0.29) is 0 Å². The van der Waals surface area contributed by atoms with Crippen LogP contribution in [0.4, 0.5) is 5.82 Å². The zero-order valence-electron chi connectivity index (χ0n) is 23.2. The van der Waals surface area contributed by atoms with Crippen molar-refractivity contribution in [3.8, 4) is 28.7 Å². The van der Waals surface area contributed by atoms with Gasteiger partial charge in [0.1, 0.15) is 47.8 Å². The van der Waals surface area contributed by atoms with Gasteiger partial charge >= 0.3 is 0 Å². The molecule has 0 saturated carbocycles. The zero-order chi connectivity index (χ0) is 28.0. The van der Waals surface area contributed by atoms with Gasteiger partial charge in [-0.15, -0.1) is 0 Å². The lowest BCUT2D eigenvalue weighted by molar-refractivity contribution is 0.0763. The normalized spacial score (nSPS) is 10.6. The molecule has 210 valence electrons. The second-order valence-electron chi connectivity index (χ2n) is 8.90. The highest BCUT2D eigenvalue weighted by atomic mass is 16.5. The van der Waals surface area contributed by atoms with E-state index < -0.39 is 0 Å². The zero-order valence-corrected chi connectivity index (χ0v) is 23.2. The van der Waals surface area contributed by atoms with Crippen LogP contribution in [0.15, 0.2) is 91.1 Å². The summed E-state index contributed by atoms with van der Waals surface area (Å²) >= 11 is 0. The van der Waals surface area contributed by atoms with Gasteiger partial charge < -0.3 is 33.3 Å². The second-order valence-corrected chi connectivity index (χ2v) is 8.90. The molecule has 1 aromatic heterocycles. The van der Waals surface area contributed by atoms with Gasteiger partial charge in [-0.3, -0.25) is 0 Å². The average Bonchev–Trinajstić information content (AvgIpc) is 3.01. The number of methoxy groups -OCH3 is 3. The number of anilines is 1. The van der Waals surface area contributed by atoms with E-state index in [1.807, 2.05) is 72.8 Å². The first-order chi connectivity index (χ1) is 19.7. The van der Waals surface area contributed by atoms with Gasteiger partial charge in [0, 0.05) is 19.2 Å². The minimum Gasteiger partial charge on any atom is -0.497 e. The molecule has 8 heteroatoms. The fourth-order valence-corrected chi connectivity index (χ4v) is 4.08. The van der Waals surface area contributed by atoms with Crippen molar-refractivity contribution >= 4 is 5.82 Å². The Bertz CT molecular complexity index is 1270. The smallest absolute Gasteiger partial charge is 0.137 e. The molecule has 8 nitrogen and oxygen atoms in total. The number of nitrogens with zero attached hydrogens (tertiary/aromatic N) is 2. The predicted molar refractivity (Wildman–Crippen MR) is 155 cm³/mol. The Balaban J connectivity index is 1.29. The summed E-state index contributed by atoms with van der Waals surface area (Å²) in [5.41, 5.74) is 2.24. The molecule has 0 radical (unpaired) electrons. The number of hydrogen-bond acceptors (Lipinski definition) is 8. The average molecular weight is 545 g/mol. The third kappa shape index (κ3) is 8.81. The lowest BCUT2D eigenvalue weighted by atomic mass is 10.1. The van der Waals surface area contributed by atoms with Crippen molar-refractivity contribution < 1.29 is 28.4 Å². The van der Waals surface area contributed by atoms with Crippen LogP contribution >= 0.6 is 0 Å². The molecule has 40 heavy (non-hydrogen) atoms.